The molecule has 2 amide bonds. The summed E-state index contributed by atoms with van der Waals surface area (Å²) in [5, 5.41) is 12.9. The largest absolute Gasteiger partial charge is 0.389 e. The number of rotatable bonds is 5. The molecular formula is C18H23N3O3. The zero-order chi connectivity index (χ0) is 17.7. The molecular weight excluding hydrogens is 306 g/mol. The van der Waals surface area contributed by atoms with Crippen molar-refractivity contribution < 1.29 is 9.90 Å². The fourth-order valence-electron chi connectivity index (χ4n) is 2.34. The van der Waals surface area contributed by atoms with Crippen LogP contribution >= 0.6 is 0 Å². The van der Waals surface area contributed by atoms with Crippen molar-refractivity contribution in [2.75, 3.05) is 11.9 Å². The number of H-pyrrole nitrogens is 1. The summed E-state index contributed by atoms with van der Waals surface area (Å²) >= 11 is 0. The van der Waals surface area contributed by atoms with E-state index >= 15 is 0 Å². The van der Waals surface area contributed by atoms with Gasteiger partial charge in [0.1, 0.15) is 0 Å². The first-order chi connectivity index (χ1) is 11.2. The Bertz CT molecular complexity index is 748. The lowest BCUT2D eigenvalue weighted by Gasteiger charge is -2.29. The van der Waals surface area contributed by atoms with E-state index < -0.39 is 5.60 Å². The van der Waals surface area contributed by atoms with Gasteiger partial charge in [-0.25, -0.2) is 4.79 Å². The van der Waals surface area contributed by atoms with Crippen molar-refractivity contribution in [3.63, 3.8) is 0 Å². The predicted molar refractivity (Wildman–Crippen MR) is 94.0 cm³/mol. The minimum atomic E-state index is -1.02. The molecule has 0 spiro atoms. The van der Waals surface area contributed by atoms with Gasteiger partial charge in [0.25, 0.3) is 5.56 Å². The number of nitrogens with zero attached hydrogens (tertiary/aromatic N) is 1. The SMILES string of the molecule is Cc1cc(NC(=O)N(Cc2ccccc2)CC(C)(C)O)c[nH]c1=O. The maximum atomic E-state index is 12.6. The van der Waals surface area contributed by atoms with Gasteiger partial charge in [-0.1, -0.05) is 30.3 Å². The monoisotopic (exact) mass is 329 g/mol. The van der Waals surface area contributed by atoms with Gasteiger partial charge in [-0.3, -0.25) is 4.79 Å². The van der Waals surface area contributed by atoms with Gasteiger partial charge in [0.15, 0.2) is 0 Å². The molecule has 0 fully saturated rings. The van der Waals surface area contributed by atoms with Gasteiger partial charge in [0.2, 0.25) is 0 Å². The summed E-state index contributed by atoms with van der Waals surface area (Å²) in [5.74, 6) is 0. The van der Waals surface area contributed by atoms with Gasteiger partial charge < -0.3 is 20.3 Å². The number of amides is 2. The number of aromatic amines is 1. The molecule has 0 atom stereocenters. The summed E-state index contributed by atoms with van der Waals surface area (Å²) < 4.78 is 0. The van der Waals surface area contributed by atoms with Crippen molar-refractivity contribution in [3.05, 3.63) is 64.1 Å². The summed E-state index contributed by atoms with van der Waals surface area (Å²) in [6.07, 6.45) is 1.46. The second kappa shape index (κ2) is 7.31. The van der Waals surface area contributed by atoms with E-state index in [9.17, 15) is 14.7 Å². The highest BCUT2D eigenvalue weighted by atomic mass is 16.3. The number of hydrogen-bond donors (Lipinski definition) is 3. The molecule has 3 N–H and O–H groups in total. The second-order valence-corrected chi connectivity index (χ2v) is 6.48. The van der Waals surface area contributed by atoms with E-state index in [4.69, 9.17) is 0 Å². The number of urea groups is 1. The third-order valence-electron chi connectivity index (χ3n) is 3.42. The minimum Gasteiger partial charge on any atom is -0.389 e. The quantitative estimate of drug-likeness (QED) is 0.788. The summed E-state index contributed by atoms with van der Waals surface area (Å²) in [7, 11) is 0. The summed E-state index contributed by atoms with van der Waals surface area (Å²) in [5.41, 5.74) is 0.781. The Kier molecular flexibility index (Phi) is 5.41. The number of aliphatic hydroxyl groups is 1. The van der Waals surface area contributed by atoms with E-state index in [2.05, 4.69) is 10.3 Å². The number of aromatic nitrogens is 1. The molecule has 24 heavy (non-hydrogen) atoms. The van der Waals surface area contributed by atoms with Crippen LogP contribution in [0.4, 0.5) is 10.5 Å². The van der Waals surface area contributed by atoms with Gasteiger partial charge in [0.05, 0.1) is 17.8 Å². The highest BCUT2D eigenvalue weighted by Gasteiger charge is 2.23. The molecule has 0 aliphatic rings. The lowest BCUT2D eigenvalue weighted by Crippen LogP contribution is -2.43. The van der Waals surface area contributed by atoms with Crippen molar-refractivity contribution in [2.24, 2.45) is 0 Å². The van der Waals surface area contributed by atoms with E-state index in [1.165, 1.54) is 11.1 Å². The number of benzene rings is 1. The van der Waals surface area contributed by atoms with E-state index in [1.54, 1.807) is 26.8 Å². The van der Waals surface area contributed by atoms with Crippen molar-refractivity contribution in [1.82, 2.24) is 9.88 Å². The fraction of sp³-hybridized carbons (Fsp3) is 0.333. The third-order valence-corrected chi connectivity index (χ3v) is 3.42. The predicted octanol–water partition coefficient (Wildman–Crippen LogP) is 2.49. The Balaban J connectivity index is 2.17. The molecule has 0 aliphatic heterocycles. The van der Waals surface area contributed by atoms with Crippen LogP contribution in [0.15, 0.2) is 47.4 Å². The van der Waals surface area contributed by atoms with Crippen LogP contribution in [0.2, 0.25) is 0 Å². The van der Waals surface area contributed by atoms with Crippen LogP contribution < -0.4 is 10.9 Å². The topological polar surface area (TPSA) is 85.4 Å². The number of pyridine rings is 1. The molecule has 0 saturated carbocycles. The Labute approximate surface area is 141 Å². The lowest BCUT2D eigenvalue weighted by atomic mass is 10.1. The molecule has 0 saturated heterocycles. The molecule has 2 aromatic rings. The number of carbonyl (C=O) groups excluding carboxylic acids is 1. The maximum Gasteiger partial charge on any atom is 0.322 e. The molecule has 128 valence electrons. The molecule has 2 rings (SSSR count). The average Bonchev–Trinajstić information content (AvgIpc) is 2.50. The van der Waals surface area contributed by atoms with E-state index in [0.29, 0.717) is 17.8 Å². The van der Waals surface area contributed by atoms with Gasteiger partial charge in [-0.2, -0.15) is 0 Å². The average molecular weight is 329 g/mol. The zero-order valence-electron chi connectivity index (χ0n) is 14.2. The molecule has 6 nitrogen and oxygen atoms in total. The second-order valence-electron chi connectivity index (χ2n) is 6.48. The first-order valence-electron chi connectivity index (χ1n) is 7.76. The number of carbonyl (C=O) groups is 1. The highest BCUT2D eigenvalue weighted by molar-refractivity contribution is 5.89. The summed E-state index contributed by atoms with van der Waals surface area (Å²) in [6.45, 7) is 5.53. The van der Waals surface area contributed by atoms with Crippen LogP contribution in [0, 0.1) is 6.92 Å². The molecule has 0 radical (unpaired) electrons. The fourth-order valence-corrected chi connectivity index (χ4v) is 2.34. The van der Waals surface area contributed by atoms with Crippen molar-refractivity contribution >= 4 is 11.7 Å². The number of hydrogen-bond acceptors (Lipinski definition) is 3. The Morgan fingerprint density at radius 1 is 1.29 bits per heavy atom. The Morgan fingerprint density at radius 2 is 1.96 bits per heavy atom. The van der Waals surface area contributed by atoms with Crippen LogP contribution in [-0.4, -0.2) is 33.2 Å². The van der Waals surface area contributed by atoms with Crippen LogP contribution in [0.5, 0.6) is 0 Å². The maximum absolute atomic E-state index is 12.6. The Morgan fingerprint density at radius 3 is 2.54 bits per heavy atom. The smallest absolute Gasteiger partial charge is 0.322 e. The first-order valence-corrected chi connectivity index (χ1v) is 7.76. The number of nitrogens with one attached hydrogen (secondary N) is 2. The summed E-state index contributed by atoms with van der Waals surface area (Å²) in [4.78, 5) is 28.1. The third kappa shape index (κ3) is 5.24. The molecule has 0 aliphatic carbocycles. The van der Waals surface area contributed by atoms with Gasteiger partial charge in [0, 0.05) is 18.3 Å². The van der Waals surface area contributed by atoms with Crippen LogP contribution in [0.1, 0.15) is 25.0 Å². The standard InChI is InChI=1S/C18H23N3O3/c1-13-9-15(10-19-16(13)22)20-17(23)21(12-18(2,3)24)11-14-7-5-4-6-8-14/h4-10,24H,11-12H2,1-3H3,(H,19,22)(H,20,23). The van der Waals surface area contributed by atoms with E-state index in [0.717, 1.165) is 5.56 Å². The minimum absolute atomic E-state index is 0.177. The molecule has 0 bridgehead atoms. The molecule has 6 heteroatoms. The molecule has 1 aromatic heterocycles. The normalized spacial score (nSPS) is 11.2. The van der Waals surface area contributed by atoms with Crippen molar-refractivity contribution in [1.29, 1.82) is 0 Å². The van der Waals surface area contributed by atoms with Crippen molar-refractivity contribution in [2.45, 2.75) is 32.9 Å². The molecule has 0 unspecified atom stereocenters. The van der Waals surface area contributed by atoms with Crippen molar-refractivity contribution in [3.8, 4) is 0 Å². The van der Waals surface area contributed by atoms with Gasteiger partial charge in [-0.05, 0) is 32.4 Å². The molecule has 1 heterocycles. The highest BCUT2D eigenvalue weighted by Crippen LogP contribution is 2.13. The van der Waals surface area contributed by atoms with Crippen LogP contribution in [0.3, 0.4) is 0 Å². The number of aryl methyl sites for hydroxylation is 1. The summed E-state index contributed by atoms with van der Waals surface area (Å²) in [6, 6.07) is 10.8. The van der Waals surface area contributed by atoms with E-state index in [1.807, 2.05) is 30.3 Å². The number of anilines is 1. The zero-order valence-corrected chi connectivity index (χ0v) is 14.2. The lowest BCUT2D eigenvalue weighted by molar-refractivity contribution is 0.0469. The van der Waals surface area contributed by atoms with Crippen LogP contribution in [0.25, 0.3) is 0 Å². The Hall–Kier alpha value is -2.60. The van der Waals surface area contributed by atoms with Gasteiger partial charge >= 0.3 is 6.03 Å². The molecule has 1 aromatic carbocycles. The van der Waals surface area contributed by atoms with Crippen LogP contribution in [-0.2, 0) is 6.54 Å². The van der Waals surface area contributed by atoms with E-state index in [-0.39, 0.29) is 18.1 Å². The first kappa shape index (κ1) is 17.7. The van der Waals surface area contributed by atoms with Gasteiger partial charge in [-0.15, -0.1) is 0 Å².